The van der Waals surface area contributed by atoms with Crippen LogP contribution in [0.1, 0.15) is 22.3 Å². The molecule has 0 atom stereocenters. The van der Waals surface area contributed by atoms with Gasteiger partial charge in [0, 0.05) is 44.0 Å². The Labute approximate surface area is 442 Å². The summed E-state index contributed by atoms with van der Waals surface area (Å²) in [5, 5.41) is 4.90. The molecule has 11 aromatic carbocycles. The summed E-state index contributed by atoms with van der Waals surface area (Å²) in [6.45, 7) is 8.93. The van der Waals surface area contributed by atoms with E-state index in [9.17, 15) is 0 Å². The summed E-state index contributed by atoms with van der Waals surface area (Å²) in [4.78, 5) is 11.0. The number of rotatable bonds is 8. The van der Waals surface area contributed by atoms with E-state index in [4.69, 9.17) is 9.97 Å². The van der Waals surface area contributed by atoms with Gasteiger partial charge >= 0.3 is 0 Å². The molecule has 14 rings (SSSR count). The molecule has 0 saturated carbocycles. The van der Waals surface area contributed by atoms with E-state index in [0.29, 0.717) is 0 Å². The SMILES string of the molecule is Cc1cc(-n2c3ccc(-c4ccccc4)cc3c3cc(-c4ccccc4)ccc32)c(C)cc1-c1nc2ccccc2nc1-c1cc(C)c(-n2c3ccc(-c4ccccc4)cc3c3cc(-c4ccccc4)ccc32)cc1C. The first kappa shape index (κ1) is 45.0. The normalized spacial score (nSPS) is 11.7. The number of hydrogen-bond acceptors (Lipinski definition) is 2. The molecule has 0 aliphatic heterocycles. The van der Waals surface area contributed by atoms with Crippen molar-refractivity contribution >= 4 is 54.6 Å². The topological polar surface area (TPSA) is 35.6 Å². The average molecular weight is 973 g/mol. The van der Waals surface area contributed by atoms with Crippen LogP contribution in [0.4, 0.5) is 0 Å². The fourth-order valence-corrected chi connectivity index (χ4v) is 11.8. The molecule has 0 radical (unpaired) electrons. The third-order valence-electron chi connectivity index (χ3n) is 15.6. The highest BCUT2D eigenvalue weighted by Crippen LogP contribution is 2.43. The van der Waals surface area contributed by atoms with E-state index in [0.717, 1.165) is 67.2 Å². The molecule has 0 amide bonds. The number of para-hydroxylation sites is 2. The molecule has 360 valence electrons. The van der Waals surface area contributed by atoms with E-state index in [1.807, 2.05) is 0 Å². The smallest absolute Gasteiger partial charge is 0.0975 e. The van der Waals surface area contributed by atoms with Crippen molar-refractivity contribution in [2.45, 2.75) is 27.7 Å². The van der Waals surface area contributed by atoms with Crippen LogP contribution in [0, 0.1) is 27.7 Å². The molecule has 76 heavy (non-hydrogen) atoms. The van der Waals surface area contributed by atoms with Crippen LogP contribution in [0.3, 0.4) is 0 Å². The highest BCUT2D eigenvalue weighted by Gasteiger charge is 2.23. The molecule has 0 N–H and O–H groups in total. The van der Waals surface area contributed by atoms with Crippen molar-refractivity contribution < 1.29 is 0 Å². The molecule has 0 spiro atoms. The Morgan fingerprint density at radius 3 is 0.816 bits per heavy atom. The maximum Gasteiger partial charge on any atom is 0.0975 e. The van der Waals surface area contributed by atoms with Gasteiger partial charge in [-0.3, -0.25) is 0 Å². The highest BCUT2D eigenvalue weighted by molar-refractivity contribution is 6.13. The van der Waals surface area contributed by atoms with Crippen LogP contribution in [0.25, 0.3) is 133 Å². The van der Waals surface area contributed by atoms with Crippen LogP contribution in [0.15, 0.2) is 243 Å². The summed E-state index contributed by atoms with van der Waals surface area (Å²) >= 11 is 0. The number of fused-ring (bicyclic) bond motifs is 7. The van der Waals surface area contributed by atoms with Crippen molar-refractivity contribution in [3.05, 3.63) is 265 Å². The van der Waals surface area contributed by atoms with Crippen LogP contribution < -0.4 is 0 Å². The van der Waals surface area contributed by atoms with Crippen molar-refractivity contribution in [3.8, 4) is 78.4 Å². The van der Waals surface area contributed by atoms with E-state index in [1.54, 1.807) is 0 Å². The van der Waals surface area contributed by atoms with Gasteiger partial charge in [0.15, 0.2) is 0 Å². The van der Waals surface area contributed by atoms with Crippen molar-refractivity contribution in [1.82, 2.24) is 19.1 Å². The Kier molecular flexibility index (Phi) is 10.7. The van der Waals surface area contributed by atoms with Crippen LogP contribution >= 0.6 is 0 Å². The Balaban J connectivity index is 0.924. The number of aryl methyl sites for hydroxylation is 4. The highest BCUT2D eigenvalue weighted by atomic mass is 15.0. The maximum absolute atomic E-state index is 5.51. The summed E-state index contributed by atoms with van der Waals surface area (Å²) in [5.41, 5.74) is 26.8. The first-order valence-corrected chi connectivity index (χ1v) is 26.2. The summed E-state index contributed by atoms with van der Waals surface area (Å²) in [5.74, 6) is 0. The standard InChI is InChI=1S/C72H52N4/c1-45-39-69(75-65-33-29-53(49-19-9-5-10-20-49)41-59(65)60-42-54(30-34-66(60)75)50-21-11-6-12-22-50)47(3)37-57(45)71-72(74-64-28-18-17-27-63(64)73-71)58-38-48(4)70(40-46(58)2)76-67-35-31-55(51-23-13-7-14-24-51)43-61(67)62-44-56(32-36-68(62)76)52-25-15-8-16-26-52/h5-44H,1-4H3. The molecule has 0 saturated heterocycles. The van der Waals surface area contributed by atoms with Crippen LogP contribution in [-0.2, 0) is 0 Å². The predicted octanol–water partition coefficient (Wildman–Crippen LogP) is 19.1. The Hall–Kier alpha value is -9.64. The number of benzene rings is 11. The zero-order valence-corrected chi connectivity index (χ0v) is 42.9. The number of aromatic nitrogens is 4. The molecule has 0 bridgehead atoms. The number of nitrogens with zero attached hydrogens (tertiary/aromatic N) is 4. The minimum absolute atomic E-state index is 0.870. The van der Waals surface area contributed by atoms with Gasteiger partial charge in [-0.05, 0) is 179 Å². The van der Waals surface area contributed by atoms with Crippen LogP contribution in [0.5, 0.6) is 0 Å². The fraction of sp³-hybridized carbons (Fsp3) is 0.0556. The Bertz CT molecular complexity index is 4100. The van der Waals surface area contributed by atoms with Gasteiger partial charge in [-0.15, -0.1) is 0 Å². The van der Waals surface area contributed by atoms with E-state index >= 15 is 0 Å². The summed E-state index contributed by atoms with van der Waals surface area (Å²) < 4.78 is 4.91. The first-order chi connectivity index (χ1) is 37.3. The summed E-state index contributed by atoms with van der Waals surface area (Å²) in [7, 11) is 0. The first-order valence-electron chi connectivity index (χ1n) is 26.2. The van der Waals surface area contributed by atoms with E-state index < -0.39 is 0 Å². The molecule has 4 nitrogen and oxygen atoms in total. The third kappa shape index (κ3) is 7.52. The van der Waals surface area contributed by atoms with Crippen LogP contribution in [-0.4, -0.2) is 19.1 Å². The second kappa shape index (κ2) is 18.1. The quantitative estimate of drug-likeness (QED) is 0.152. The van der Waals surface area contributed by atoms with Gasteiger partial charge in [0.25, 0.3) is 0 Å². The Morgan fingerprint density at radius 2 is 0.526 bits per heavy atom. The molecule has 0 unspecified atom stereocenters. The second-order valence-electron chi connectivity index (χ2n) is 20.4. The molecular formula is C72H52N4. The lowest BCUT2D eigenvalue weighted by Gasteiger charge is -2.19. The largest absolute Gasteiger partial charge is 0.309 e. The molecule has 4 heteroatoms. The van der Waals surface area contributed by atoms with Gasteiger partial charge in [0.05, 0.1) is 44.5 Å². The molecule has 14 aromatic rings. The third-order valence-corrected chi connectivity index (χ3v) is 15.6. The zero-order valence-electron chi connectivity index (χ0n) is 42.9. The van der Waals surface area contributed by atoms with Gasteiger partial charge in [0.2, 0.25) is 0 Å². The molecule has 3 heterocycles. The van der Waals surface area contributed by atoms with Gasteiger partial charge in [-0.25, -0.2) is 9.97 Å². The van der Waals surface area contributed by atoms with Gasteiger partial charge in [-0.1, -0.05) is 158 Å². The zero-order chi connectivity index (χ0) is 51.0. The average Bonchev–Trinajstić information content (AvgIpc) is 4.06. The lowest BCUT2D eigenvalue weighted by molar-refractivity contribution is 1.13. The van der Waals surface area contributed by atoms with E-state index in [2.05, 4.69) is 279 Å². The predicted molar refractivity (Wildman–Crippen MR) is 320 cm³/mol. The Morgan fingerprint density at radius 1 is 0.250 bits per heavy atom. The van der Waals surface area contributed by atoms with Crippen molar-refractivity contribution in [1.29, 1.82) is 0 Å². The van der Waals surface area contributed by atoms with Crippen LogP contribution in [0.2, 0.25) is 0 Å². The monoisotopic (exact) mass is 972 g/mol. The van der Waals surface area contributed by atoms with Gasteiger partial charge in [-0.2, -0.15) is 0 Å². The van der Waals surface area contributed by atoms with Crippen molar-refractivity contribution in [2.75, 3.05) is 0 Å². The maximum atomic E-state index is 5.51. The van der Waals surface area contributed by atoms with E-state index in [-0.39, 0.29) is 0 Å². The molecule has 0 fully saturated rings. The summed E-state index contributed by atoms with van der Waals surface area (Å²) in [6.07, 6.45) is 0. The fourth-order valence-electron chi connectivity index (χ4n) is 11.8. The molecular weight excluding hydrogens is 921 g/mol. The molecule has 0 aliphatic rings. The van der Waals surface area contributed by atoms with Crippen molar-refractivity contribution in [2.24, 2.45) is 0 Å². The summed E-state index contributed by atoms with van der Waals surface area (Å²) in [6, 6.07) is 88.1. The lowest BCUT2D eigenvalue weighted by Crippen LogP contribution is -2.03. The second-order valence-corrected chi connectivity index (χ2v) is 20.4. The number of hydrogen-bond donors (Lipinski definition) is 0. The molecule has 0 aliphatic carbocycles. The minimum Gasteiger partial charge on any atom is -0.309 e. The molecule has 3 aromatic heterocycles. The van der Waals surface area contributed by atoms with Gasteiger partial charge in [0.1, 0.15) is 0 Å². The lowest BCUT2D eigenvalue weighted by atomic mass is 9.94. The minimum atomic E-state index is 0.870. The van der Waals surface area contributed by atoms with E-state index in [1.165, 1.54) is 88.1 Å². The van der Waals surface area contributed by atoms with Crippen molar-refractivity contribution in [3.63, 3.8) is 0 Å². The van der Waals surface area contributed by atoms with Gasteiger partial charge < -0.3 is 9.13 Å².